The van der Waals surface area contributed by atoms with Gasteiger partial charge in [-0.15, -0.1) is 0 Å². The molecule has 154 valence electrons. The molecule has 3 amide bonds. The summed E-state index contributed by atoms with van der Waals surface area (Å²) in [6.45, 7) is 7.67. The minimum absolute atomic E-state index is 0.0757. The van der Waals surface area contributed by atoms with Crippen molar-refractivity contribution < 1.29 is 19.1 Å². The van der Waals surface area contributed by atoms with Gasteiger partial charge in [0.25, 0.3) is 11.8 Å². The van der Waals surface area contributed by atoms with Crippen LogP contribution in [0.5, 0.6) is 5.75 Å². The molecule has 29 heavy (non-hydrogen) atoms. The van der Waals surface area contributed by atoms with Crippen molar-refractivity contribution in [3.63, 3.8) is 0 Å². The molecule has 7 nitrogen and oxygen atoms in total. The standard InChI is InChI=1S/C22H27N3O4/c1-14(2)11-20(26)23-18-8-6-17(7-9-18)22(28)25-24-21(27)13-29-19-10-5-15(3)16(4)12-19/h5-10,12,14H,11,13H2,1-4H3,(H,23,26)(H,24,27)(H,25,28). The Bertz CT molecular complexity index is 876. The highest BCUT2D eigenvalue weighted by molar-refractivity contribution is 5.96. The van der Waals surface area contributed by atoms with E-state index in [0.29, 0.717) is 23.4 Å². The molecule has 0 aliphatic heterocycles. The van der Waals surface area contributed by atoms with Crippen LogP contribution < -0.4 is 20.9 Å². The van der Waals surface area contributed by atoms with E-state index in [1.54, 1.807) is 30.3 Å². The van der Waals surface area contributed by atoms with E-state index >= 15 is 0 Å². The SMILES string of the molecule is Cc1ccc(OCC(=O)NNC(=O)c2ccc(NC(=O)CC(C)C)cc2)cc1C. The van der Waals surface area contributed by atoms with E-state index in [2.05, 4.69) is 16.2 Å². The minimum atomic E-state index is -0.478. The van der Waals surface area contributed by atoms with Crippen LogP contribution in [-0.2, 0) is 9.59 Å². The normalized spacial score (nSPS) is 10.4. The van der Waals surface area contributed by atoms with E-state index in [-0.39, 0.29) is 18.4 Å². The van der Waals surface area contributed by atoms with Gasteiger partial charge in [-0.2, -0.15) is 0 Å². The van der Waals surface area contributed by atoms with Gasteiger partial charge in [0, 0.05) is 17.7 Å². The van der Waals surface area contributed by atoms with Crippen LogP contribution in [0.2, 0.25) is 0 Å². The molecule has 0 saturated heterocycles. The first-order valence-electron chi connectivity index (χ1n) is 9.43. The Balaban J connectivity index is 1.78. The molecule has 0 saturated carbocycles. The molecule has 0 bridgehead atoms. The summed E-state index contributed by atoms with van der Waals surface area (Å²) in [6.07, 6.45) is 0.429. The maximum atomic E-state index is 12.1. The Morgan fingerprint density at radius 1 is 0.897 bits per heavy atom. The molecular weight excluding hydrogens is 370 g/mol. The summed E-state index contributed by atoms with van der Waals surface area (Å²) in [7, 11) is 0. The molecule has 0 aromatic heterocycles. The van der Waals surface area contributed by atoms with Crippen molar-refractivity contribution in [2.45, 2.75) is 34.1 Å². The van der Waals surface area contributed by atoms with E-state index in [1.165, 1.54) is 0 Å². The molecule has 0 radical (unpaired) electrons. The number of carbonyl (C=O) groups is 3. The molecule has 0 aliphatic carbocycles. The Labute approximate surface area is 170 Å². The Morgan fingerprint density at radius 2 is 1.59 bits per heavy atom. The van der Waals surface area contributed by atoms with Gasteiger partial charge in [-0.3, -0.25) is 25.2 Å². The zero-order valence-electron chi connectivity index (χ0n) is 17.2. The molecule has 7 heteroatoms. The number of ether oxygens (including phenoxy) is 1. The van der Waals surface area contributed by atoms with Crippen molar-refractivity contribution in [1.82, 2.24) is 10.9 Å². The lowest BCUT2D eigenvalue weighted by atomic mass is 10.1. The van der Waals surface area contributed by atoms with Crippen LogP contribution in [0.3, 0.4) is 0 Å². The molecule has 2 aromatic carbocycles. The van der Waals surface area contributed by atoms with Crippen LogP contribution >= 0.6 is 0 Å². The highest BCUT2D eigenvalue weighted by Gasteiger charge is 2.10. The molecule has 2 aromatic rings. The molecule has 0 atom stereocenters. The molecule has 0 heterocycles. The quantitative estimate of drug-likeness (QED) is 0.626. The van der Waals surface area contributed by atoms with Gasteiger partial charge in [-0.1, -0.05) is 19.9 Å². The summed E-state index contributed by atoms with van der Waals surface area (Å²) in [5.74, 6) is -0.167. The first-order valence-corrected chi connectivity index (χ1v) is 9.43. The lowest BCUT2D eigenvalue weighted by molar-refractivity contribution is -0.123. The van der Waals surface area contributed by atoms with E-state index in [4.69, 9.17) is 4.74 Å². The number of hydrazine groups is 1. The Hall–Kier alpha value is -3.35. The fraction of sp³-hybridized carbons (Fsp3) is 0.318. The summed E-state index contributed by atoms with van der Waals surface area (Å²) < 4.78 is 5.42. The van der Waals surface area contributed by atoms with Gasteiger partial charge in [0.15, 0.2) is 6.61 Å². The second-order valence-electron chi connectivity index (χ2n) is 7.26. The zero-order valence-corrected chi connectivity index (χ0v) is 17.2. The highest BCUT2D eigenvalue weighted by atomic mass is 16.5. The van der Waals surface area contributed by atoms with Crippen LogP contribution in [0.15, 0.2) is 42.5 Å². The van der Waals surface area contributed by atoms with Gasteiger partial charge in [0.05, 0.1) is 0 Å². The third kappa shape index (κ3) is 7.29. The van der Waals surface area contributed by atoms with Crippen molar-refractivity contribution in [1.29, 1.82) is 0 Å². The summed E-state index contributed by atoms with van der Waals surface area (Å²) in [5.41, 5.74) is 7.81. The number of aryl methyl sites for hydroxylation is 2. The summed E-state index contributed by atoms with van der Waals surface area (Å²) in [4.78, 5) is 35.8. The second-order valence-corrected chi connectivity index (χ2v) is 7.26. The van der Waals surface area contributed by atoms with Gasteiger partial charge in [-0.05, 0) is 67.3 Å². The third-order valence-electron chi connectivity index (χ3n) is 4.19. The van der Waals surface area contributed by atoms with Crippen LogP contribution in [0, 0.1) is 19.8 Å². The first kappa shape index (κ1) is 21.9. The fourth-order valence-corrected chi connectivity index (χ4v) is 2.48. The second kappa shape index (κ2) is 10.3. The maximum absolute atomic E-state index is 12.1. The van der Waals surface area contributed by atoms with Crippen LogP contribution in [0.1, 0.15) is 41.8 Å². The number of anilines is 1. The largest absolute Gasteiger partial charge is 0.484 e. The lowest BCUT2D eigenvalue weighted by Crippen LogP contribution is -2.43. The average Bonchev–Trinajstić information content (AvgIpc) is 2.67. The number of carbonyl (C=O) groups excluding carboxylic acids is 3. The zero-order chi connectivity index (χ0) is 21.4. The minimum Gasteiger partial charge on any atom is -0.484 e. The number of hydrogen-bond donors (Lipinski definition) is 3. The van der Waals surface area contributed by atoms with Crippen molar-refractivity contribution >= 4 is 23.4 Å². The fourth-order valence-electron chi connectivity index (χ4n) is 2.48. The predicted octanol–water partition coefficient (Wildman–Crippen LogP) is 3.13. The molecule has 0 spiro atoms. The number of hydrogen-bond acceptors (Lipinski definition) is 4. The topological polar surface area (TPSA) is 96.5 Å². The van der Waals surface area contributed by atoms with E-state index in [9.17, 15) is 14.4 Å². The number of amides is 3. The summed E-state index contributed by atoms with van der Waals surface area (Å²) >= 11 is 0. The predicted molar refractivity (Wildman–Crippen MR) is 112 cm³/mol. The van der Waals surface area contributed by atoms with Crippen molar-refractivity contribution in [3.8, 4) is 5.75 Å². The van der Waals surface area contributed by atoms with Crippen molar-refractivity contribution in [2.24, 2.45) is 5.92 Å². The molecule has 0 aliphatic rings. The molecule has 0 unspecified atom stereocenters. The van der Waals surface area contributed by atoms with Crippen molar-refractivity contribution in [2.75, 3.05) is 11.9 Å². The Morgan fingerprint density at radius 3 is 2.21 bits per heavy atom. The molecule has 3 N–H and O–H groups in total. The molecule has 0 fully saturated rings. The number of benzene rings is 2. The highest BCUT2D eigenvalue weighted by Crippen LogP contribution is 2.16. The van der Waals surface area contributed by atoms with Gasteiger partial charge < -0.3 is 10.1 Å². The van der Waals surface area contributed by atoms with Gasteiger partial charge in [-0.25, -0.2) is 0 Å². The monoisotopic (exact) mass is 397 g/mol. The molecular formula is C22H27N3O4. The van der Waals surface area contributed by atoms with Crippen LogP contribution in [0.4, 0.5) is 5.69 Å². The van der Waals surface area contributed by atoms with Gasteiger partial charge >= 0.3 is 0 Å². The lowest BCUT2D eigenvalue weighted by Gasteiger charge is -2.10. The summed E-state index contributed by atoms with van der Waals surface area (Å²) in [5, 5.41) is 2.77. The smallest absolute Gasteiger partial charge is 0.276 e. The maximum Gasteiger partial charge on any atom is 0.276 e. The van der Waals surface area contributed by atoms with E-state index in [1.807, 2.05) is 39.8 Å². The van der Waals surface area contributed by atoms with Gasteiger partial charge in [0.2, 0.25) is 5.91 Å². The van der Waals surface area contributed by atoms with E-state index in [0.717, 1.165) is 11.1 Å². The number of nitrogens with one attached hydrogen (secondary N) is 3. The third-order valence-corrected chi connectivity index (χ3v) is 4.19. The Kier molecular flexibility index (Phi) is 7.77. The average molecular weight is 397 g/mol. The van der Waals surface area contributed by atoms with E-state index < -0.39 is 11.8 Å². The van der Waals surface area contributed by atoms with Gasteiger partial charge in [0.1, 0.15) is 5.75 Å². The van der Waals surface area contributed by atoms with Crippen LogP contribution in [0.25, 0.3) is 0 Å². The van der Waals surface area contributed by atoms with Crippen molar-refractivity contribution in [3.05, 3.63) is 59.2 Å². The first-order chi connectivity index (χ1) is 13.7. The van der Waals surface area contributed by atoms with Crippen LogP contribution in [-0.4, -0.2) is 24.3 Å². The summed E-state index contributed by atoms with van der Waals surface area (Å²) in [6, 6.07) is 12.0. The molecule has 2 rings (SSSR count). The number of rotatable bonds is 7.